The standard InChI is InChI=1S/C17H15ClO3S/c1-2-7-16(19)17(13-8-6-9-14(18)12-13)22(20,21)15-10-4-3-5-11-15/h1,3-6,8-12,16-17,19H,7H2. The number of aliphatic hydroxyl groups excluding tert-OH is 1. The van der Waals surface area contributed by atoms with E-state index in [0.717, 1.165) is 0 Å². The molecule has 0 heterocycles. The van der Waals surface area contributed by atoms with Crippen LogP contribution in [0.4, 0.5) is 0 Å². The maximum atomic E-state index is 12.9. The van der Waals surface area contributed by atoms with E-state index in [9.17, 15) is 13.5 Å². The van der Waals surface area contributed by atoms with E-state index in [1.165, 1.54) is 18.2 Å². The van der Waals surface area contributed by atoms with Crippen molar-refractivity contribution in [2.24, 2.45) is 0 Å². The second-order valence-corrected chi connectivity index (χ2v) is 7.31. The lowest BCUT2D eigenvalue weighted by atomic mass is 10.1. The molecule has 0 saturated heterocycles. The van der Waals surface area contributed by atoms with E-state index in [4.69, 9.17) is 18.0 Å². The summed E-state index contributed by atoms with van der Waals surface area (Å²) in [5.74, 6) is 2.31. The van der Waals surface area contributed by atoms with Crippen LogP contribution in [0.25, 0.3) is 0 Å². The molecule has 0 spiro atoms. The number of terminal acetylenes is 1. The molecular weight excluding hydrogens is 320 g/mol. The number of sulfone groups is 1. The second kappa shape index (κ2) is 6.97. The van der Waals surface area contributed by atoms with Crippen molar-refractivity contribution in [2.75, 3.05) is 0 Å². The summed E-state index contributed by atoms with van der Waals surface area (Å²) in [5.41, 5.74) is 0.416. The number of hydrogen-bond acceptors (Lipinski definition) is 3. The normalized spacial score (nSPS) is 14.0. The lowest BCUT2D eigenvalue weighted by molar-refractivity contribution is 0.174. The Hall–Kier alpha value is -1.80. The van der Waals surface area contributed by atoms with E-state index in [1.54, 1.807) is 36.4 Å². The first-order valence-corrected chi connectivity index (χ1v) is 8.55. The van der Waals surface area contributed by atoms with Crippen LogP contribution in [0.15, 0.2) is 59.5 Å². The highest BCUT2D eigenvalue weighted by Gasteiger charge is 2.35. The molecule has 5 heteroatoms. The predicted octanol–water partition coefficient (Wildman–Crippen LogP) is 3.24. The number of halogens is 1. The van der Waals surface area contributed by atoms with E-state index in [-0.39, 0.29) is 11.3 Å². The largest absolute Gasteiger partial charge is 0.390 e. The fraction of sp³-hybridized carbons (Fsp3) is 0.176. The Bertz CT molecular complexity index is 779. The van der Waals surface area contributed by atoms with Gasteiger partial charge in [0.25, 0.3) is 0 Å². The summed E-state index contributed by atoms with van der Waals surface area (Å²) >= 11 is 5.95. The highest BCUT2D eigenvalue weighted by Crippen LogP contribution is 2.34. The molecule has 0 aliphatic heterocycles. The third-order valence-corrected chi connectivity index (χ3v) is 5.68. The molecule has 0 aromatic heterocycles. The Balaban J connectivity index is 2.57. The summed E-state index contributed by atoms with van der Waals surface area (Å²) in [7, 11) is -3.80. The van der Waals surface area contributed by atoms with Crippen LogP contribution in [0.3, 0.4) is 0 Å². The van der Waals surface area contributed by atoms with Crippen molar-refractivity contribution in [2.45, 2.75) is 22.7 Å². The van der Waals surface area contributed by atoms with E-state index in [2.05, 4.69) is 5.92 Å². The molecule has 2 rings (SSSR count). The third kappa shape index (κ3) is 3.50. The summed E-state index contributed by atoms with van der Waals surface area (Å²) in [6, 6.07) is 14.4. The molecule has 3 nitrogen and oxygen atoms in total. The van der Waals surface area contributed by atoms with Crippen molar-refractivity contribution in [1.82, 2.24) is 0 Å². The summed E-state index contributed by atoms with van der Waals surface area (Å²) < 4.78 is 25.8. The van der Waals surface area contributed by atoms with Crippen LogP contribution in [-0.4, -0.2) is 19.6 Å². The van der Waals surface area contributed by atoms with E-state index in [0.29, 0.717) is 10.6 Å². The molecule has 0 amide bonds. The lowest BCUT2D eigenvalue weighted by Crippen LogP contribution is -2.26. The van der Waals surface area contributed by atoms with Crippen LogP contribution >= 0.6 is 11.6 Å². The first-order chi connectivity index (χ1) is 10.5. The second-order valence-electron chi connectivity index (χ2n) is 4.81. The average molecular weight is 335 g/mol. The molecule has 0 bridgehead atoms. The van der Waals surface area contributed by atoms with Gasteiger partial charge in [-0.15, -0.1) is 12.3 Å². The van der Waals surface area contributed by atoms with Crippen LogP contribution in [-0.2, 0) is 9.84 Å². The van der Waals surface area contributed by atoms with Crippen molar-refractivity contribution in [1.29, 1.82) is 0 Å². The van der Waals surface area contributed by atoms with Gasteiger partial charge < -0.3 is 5.11 Å². The summed E-state index contributed by atoms with van der Waals surface area (Å²) in [5, 5.41) is 9.52. The molecule has 2 atom stereocenters. The zero-order chi connectivity index (χ0) is 16.2. The molecule has 0 fully saturated rings. The number of hydrogen-bond donors (Lipinski definition) is 1. The van der Waals surface area contributed by atoms with Gasteiger partial charge in [0.05, 0.1) is 11.0 Å². The maximum Gasteiger partial charge on any atom is 0.187 e. The summed E-state index contributed by atoms with van der Waals surface area (Å²) in [6.07, 6.45) is 3.95. The van der Waals surface area contributed by atoms with Crippen LogP contribution in [0.1, 0.15) is 17.2 Å². The highest BCUT2D eigenvalue weighted by molar-refractivity contribution is 7.91. The SMILES string of the molecule is C#CCC(O)C(c1cccc(Cl)c1)S(=O)(=O)c1ccccc1. The van der Waals surface area contributed by atoms with Gasteiger partial charge in [-0.3, -0.25) is 0 Å². The van der Waals surface area contributed by atoms with E-state index >= 15 is 0 Å². The fourth-order valence-electron chi connectivity index (χ4n) is 2.28. The Morgan fingerprint density at radius 1 is 1.14 bits per heavy atom. The van der Waals surface area contributed by atoms with Gasteiger partial charge in [0.1, 0.15) is 5.25 Å². The van der Waals surface area contributed by atoms with Gasteiger partial charge in [0, 0.05) is 11.4 Å². The molecule has 2 aromatic rings. The Labute approximate surface area is 135 Å². The maximum absolute atomic E-state index is 12.9. The van der Waals surface area contributed by atoms with Gasteiger partial charge in [-0.25, -0.2) is 8.42 Å². The van der Waals surface area contributed by atoms with Gasteiger partial charge in [0.2, 0.25) is 0 Å². The molecule has 0 radical (unpaired) electrons. The first-order valence-electron chi connectivity index (χ1n) is 6.62. The van der Waals surface area contributed by atoms with Crippen molar-refractivity contribution in [3.05, 3.63) is 65.2 Å². The zero-order valence-corrected chi connectivity index (χ0v) is 13.3. The number of aliphatic hydroxyl groups is 1. The van der Waals surface area contributed by atoms with Crippen molar-refractivity contribution in [3.63, 3.8) is 0 Å². The van der Waals surface area contributed by atoms with Crippen molar-refractivity contribution in [3.8, 4) is 12.3 Å². The minimum Gasteiger partial charge on any atom is -0.390 e. The van der Waals surface area contributed by atoms with Crippen molar-refractivity contribution < 1.29 is 13.5 Å². The molecule has 1 N–H and O–H groups in total. The van der Waals surface area contributed by atoms with E-state index in [1.807, 2.05) is 0 Å². The summed E-state index contributed by atoms with van der Waals surface area (Å²) in [4.78, 5) is 0.135. The molecule has 2 unspecified atom stereocenters. The number of rotatable bonds is 5. The first kappa shape index (κ1) is 16.6. The monoisotopic (exact) mass is 334 g/mol. The molecular formula is C17H15ClO3S. The van der Waals surface area contributed by atoms with Gasteiger partial charge >= 0.3 is 0 Å². The van der Waals surface area contributed by atoms with Crippen LogP contribution in [0.5, 0.6) is 0 Å². The Kier molecular flexibility index (Phi) is 5.25. The van der Waals surface area contributed by atoms with E-state index < -0.39 is 21.2 Å². The Morgan fingerprint density at radius 2 is 1.82 bits per heavy atom. The van der Waals surface area contributed by atoms with Gasteiger partial charge in [-0.05, 0) is 29.8 Å². The molecule has 0 saturated carbocycles. The fourth-order valence-corrected chi connectivity index (χ4v) is 4.32. The topological polar surface area (TPSA) is 54.4 Å². The van der Waals surface area contributed by atoms with Crippen LogP contribution in [0.2, 0.25) is 5.02 Å². The smallest absolute Gasteiger partial charge is 0.187 e. The molecule has 0 aliphatic carbocycles. The lowest BCUT2D eigenvalue weighted by Gasteiger charge is -2.22. The molecule has 22 heavy (non-hydrogen) atoms. The molecule has 2 aromatic carbocycles. The number of benzene rings is 2. The quantitative estimate of drug-likeness (QED) is 0.854. The molecule has 0 aliphatic rings. The Morgan fingerprint density at radius 3 is 2.41 bits per heavy atom. The van der Waals surface area contributed by atoms with Crippen LogP contribution < -0.4 is 0 Å². The zero-order valence-electron chi connectivity index (χ0n) is 11.7. The van der Waals surface area contributed by atoms with Crippen molar-refractivity contribution >= 4 is 21.4 Å². The van der Waals surface area contributed by atoms with Crippen LogP contribution in [0, 0.1) is 12.3 Å². The predicted molar refractivity (Wildman–Crippen MR) is 87.3 cm³/mol. The average Bonchev–Trinajstić information content (AvgIpc) is 2.48. The van der Waals surface area contributed by atoms with Gasteiger partial charge in [0.15, 0.2) is 9.84 Å². The van der Waals surface area contributed by atoms with Gasteiger partial charge in [-0.2, -0.15) is 0 Å². The highest BCUT2D eigenvalue weighted by atomic mass is 35.5. The van der Waals surface area contributed by atoms with Gasteiger partial charge in [-0.1, -0.05) is 41.9 Å². The summed E-state index contributed by atoms with van der Waals surface area (Å²) in [6.45, 7) is 0. The minimum atomic E-state index is -3.80. The third-order valence-electron chi connectivity index (χ3n) is 3.26. The molecule has 114 valence electrons. The minimum absolute atomic E-state index is 0.0662.